The average Bonchev–Trinajstić information content (AvgIpc) is 2.72. The fourth-order valence-corrected chi connectivity index (χ4v) is 3.61. The molecule has 0 aromatic heterocycles. The summed E-state index contributed by atoms with van der Waals surface area (Å²) in [6.07, 6.45) is 12.2. The molecular weight excluding hydrogens is 148 g/mol. The lowest BCUT2D eigenvalue weighted by Crippen LogP contribution is -2.26. The van der Waals surface area contributed by atoms with Gasteiger partial charge in [0.25, 0.3) is 0 Å². The molecule has 66 valence electrons. The maximum Gasteiger partial charge on any atom is 0.0726 e. The van der Waals surface area contributed by atoms with Crippen molar-refractivity contribution >= 4 is 0 Å². The first-order valence-corrected chi connectivity index (χ1v) is 5.14. The number of hydrogen-bond acceptors (Lipinski definition) is 1. The molecule has 2 fully saturated rings. The minimum atomic E-state index is -0.140. The molecule has 0 heterocycles. The minimum absolute atomic E-state index is 0.140. The van der Waals surface area contributed by atoms with E-state index in [2.05, 4.69) is 6.08 Å². The first-order valence-electron chi connectivity index (χ1n) is 5.14. The highest BCUT2D eigenvalue weighted by molar-refractivity contribution is 5.29. The van der Waals surface area contributed by atoms with E-state index in [9.17, 15) is 5.11 Å². The third kappa shape index (κ3) is 0.687. The van der Waals surface area contributed by atoms with E-state index in [0.29, 0.717) is 10.8 Å². The Morgan fingerprint density at radius 1 is 1.25 bits per heavy atom. The van der Waals surface area contributed by atoms with E-state index in [1.165, 1.54) is 32.1 Å². The lowest BCUT2D eigenvalue weighted by atomic mass is 9.73. The summed E-state index contributed by atoms with van der Waals surface area (Å²) < 4.78 is 0. The maximum absolute atomic E-state index is 9.55. The van der Waals surface area contributed by atoms with Crippen LogP contribution in [-0.2, 0) is 0 Å². The van der Waals surface area contributed by atoms with Crippen LogP contribution in [0, 0.1) is 10.8 Å². The van der Waals surface area contributed by atoms with E-state index >= 15 is 0 Å². The van der Waals surface area contributed by atoms with Crippen LogP contribution in [0.25, 0.3) is 0 Å². The predicted molar refractivity (Wildman–Crippen MR) is 47.7 cm³/mol. The van der Waals surface area contributed by atoms with Gasteiger partial charge >= 0.3 is 0 Å². The van der Waals surface area contributed by atoms with Gasteiger partial charge in [-0.3, -0.25) is 0 Å². The highest BCUT2D eigenvalue weighted by atomic mass is 16.3. The maximum atomic E-state index is 9.55. The van der Waals surface area contributed by atoms with Crippen LogP contribution >= 0.6 is 0 Å². The molecule has 2 saturated carbocycles. The summed E-state index contributed by atoms with van der Waals surface area (Å²) in [5.41, 5.74) is 1.11. The summed E-state index contributed by atoms with van der Waals surface area (Å²) in [6.45, 7) is 0. The fraction of sp³-hybridized carbons (Fsp3) is 0.818. The Labute approximate surface area is 73.5 Å². The van der Waals surface area contributed by atoms with E-state index in [1.807, 2.05) is 6.08 Å². The van der Waals surface area contributed by atoms with Crippen LogP contribution in [-0.4, -0.2) is 11.2 Å². The number of hydrogen-bond donors (Lipinski definition) is 1. The molecule has 0 radical (unpaired) electrons. The van der Waals surface area contributed by atoms with Gasteiger partial charge in [-0.15, -0.1) is 0 Å². The third-order valence-electron chi connectivity index (χ3n) is 4.35. The van der Waals surface area contributed by atoms with Gasteiger partial charge in [0, 0.05) is 0 Å². The van der Waals surface area contributed by atoms with Crippen LogP contribution in [0.1, 0.15) is 38.5 Å². The molecule has 1 N–H and O–H groups in total. The molecule has 0 aromatic carbocycles. The van der Waals surface area contributed by atoms with Crippen LogP contribution < -0.4 is 0 Å². The molecular formula is C11H16O. The van der Waals surface area contributed by atoms with Gasteiger partial charge in [-0.1, -0.05) is 25.0 Å². The number of aliphatic hydroxyl groups excluding tert-OH is 1. The van der Waals surface area contributed by atoms with Crippen LogP contribution in [0.2, 0.25) is 0 Å². The van der Waals surface area contributed by atoms with Gasteiger partial charge in [-0.25, -0.2) is 0 Å². The van der Waals surface area contributed by atoms with Gasteiger partial charge in [0.1, 0.15) is 0 Å². The first kappa shape index (κ1) is 7.14. The van der Waals surface area contributed by atoms with Crippen molar-refractivity contribution < 1.29 is 5.11 Å². The Balaban J connectivity index is 1.96. The highest BCUT2D eigenvalue weighted by Gasteiger charge is 2.67. The Bertz CT molecular complexity index is 245. The molecule has 0 amide bonds. The van der Waals surface area contributed by atoms with Gasteiger partial charge in [-0.2, -0.15) is 0 Å². The van der Waals surface area contributed by atoms with Gasteiger partial charge < -0.3 is 5.11 Å². The second-order valence-electron chi connectivity index (χ2n) is 4.95. The largest absolute Gasteiger partial charge is 0.389 e. The summed E-state index contributed by atoms with van der Waals surface area (Å²) in [4.78, 5) is 0. The first-order chi connectivity index (χ1) is 5.77. The van der Waals surface area contributed by atoms with Crippen molar-refractivity contribution in [3.63, 3.8) is 0 Å². The SMILES string of the molecule is OC1C=CC23CCCCC2(C1)C3. The van der Waals surface area contributed by atoms with Crippen molar-refractivity contribution in [2.24, 2.45) is 10.8 Å². The van der Waals surface area contributed by atoms with Crippen LogP contribution in [0.3, 0.4) is 0 Å². The van der Waals surface area contributed by atoms with Gasteiger partial charge in [0.15, 0.2) is 0 Å². The molecule has 1 heteroatoms. The Kier molecular flexibility index (Phi) is 1.16. The molecule has 0 aromatic rings. The number of allylic oxidation sites excluding steroid dienone is 1. The Hall–Kier alpha value is -0.300. The quantitative estimate of drug-likeness (QED) is 0.544. The average molecular weight is 164 g/mol. The summed E-state index contributed by atoms with van der Waals surface area (Å²) >= 11 is 0. The van der Waals surface area contributed by atoms with Crippen molar-refractivity contribution in [3.05, 3.63) is 12.2 Å². The molecule has 3 unspecified atom stereocenters. The molecule has 12 heavy (non-hydrogen) atoms. The van der Waals surface area contributed by atoms with Gasteiger partial charge in [0.2, 0.25) is 0 Å². The molecule has 3 aliphatic rings. The second-order valence-corrected chi connectivity index (χ2v) is 4.95. The van der Waals surface area contributed by atoms with E-state index in [1.54, 1.807) is 0 Å². The van der Waals surface area contributed by atoms with Crippen molar-refractivity contribution in [1.82, 2.24) is 0 Å². The molecule has 0 aliphatic heterocycles. The lowest BCUT2D eigenvalue weighted by Gasteiger charge is -2.32. The van der Waals surface area contributed by atoms with Crippen LogP contribution in [0.5, 0.6) is 0 Å². The summed E-state index contributed by atoms with van der Waals surface area (Å²) in [6, 6.07) is 0. The molecule has 3 atom stereocenters. The van der Waals surface area contributed by atoms with Gasteiger partial charge in [-0.05, 0) is 36.5 Å². The topological polar surface area (TPSA) is 20.2 Å². The van der Waals surface area contributed by atoms with Crippen molar-refractivity contribution in [2.75, 3.05) is 0 Å². The highest BCUT2D eigenvalue weighted by Crippen LogP contribution is 2.75. The monoisotopic (exact) mass is 164 g/mol. The van der Waals surface area contributed by atoms with Crippen molar-refractivity contribution in [3.8, 4) is 0 Å². The van der Waals surface area contributed by atoms with E-state index in [4.69, 9.17) is 0 Å². The van der Waals surface area contributed by atoms with E-state index in [-0.39, 0.29) is 6.10 Å². The Morgan fingerprint density at radius 3 is 3.00 bits per heavy atom. The molecule has 1 nitrogen and oxygen atoms in total. The number of aliphatic hydroxyl groups is 1. The number of rotatable bonds is 0. The zero-order valence-corrected chi connectivity index (χ0v) is 7.42. The van der Waals surface area contributed by atoms with Crippen LogP contribution in [0.15, 0.2) is 12.2 Å². The second kappa shape index (κ2) is 1.95. The minimum Gasteiger partial charge on any atom is -0.389 e. The molecule has 3 rings (SSSR count). The standard InChI is InChI=1S/C11H16O/c12-9-3-6-10-4-1-2-5-11(10,7-9)8-10/h3,6,9,12H,1-2,4-5,7-8H2. The van der Waals surface area contributed by atoms with E-state index in [0.717, 1.165) is 6.42 Å². The summed E-state index contributed by atoms with van der Waals surface area (Å²) in [5, 5.41) is 9.55. The molecule has 0 saturated heterocycles. The van der Waals surface area contributed by atoms with Crippen molar-refractivity contribution in [1.29, 1.82) is 0 Å². The summed E-state index contributed by atoms with van der Waals surface area (Å²) in [7, 11) is 0. The van der Waals surface area contributed by atoms with E-state index < -0.39 is 0 Å². The molecule has 0 bridgehead atoms. The lowest BCUT2D eigenvalue weighted by molar-refractivity contribution is 0.133. The Morgan fingerprint density at radius 2 is 2.08 bits per heavy atom. The summed E-state index contributed by atoms with van der Waals surface area (Å²) in [5.74, 6) is 0. The molecule has 0 spiro atoms. The predicted octanol–water partition coefficient (Wildman–Crippen LogP) is 2.26. The third-order valence-corrected chi connectivity index (χ3v) is 4.35. The van der Waals surface area contributed by atoms with Gasteiger partial charge in [0.05, 0.1) is 6.10 Å². The normalized spacial score (nSPS) is 55.9. The fourth-order valence-electron chi connectivity index (χ4n) is 3.61. The zero-order chi connectivity index (χ0) is 8.23. The zero-order valence-electron chi connectivity index (χ0n) is 7.42. The van der Waals surface area contributed by atoms with Crippen LogP contribution in [0.4, 0.5) is 0 Å². The smallest absolute Gasteiger partial charge is 0.0726 e. The molecule has 3 aliphatic carbocycles. The van der Waals surface area contributed by atoms with Crippen molar-refractivity contribution in [2.45, 2.75) is 44.6 Å².